The van der Waals surface area contributed by atoms with Gasteiger partial charge >= 0.3 is 0 Å². The highest BCUT2D eigenvalue weighted by Gasteiger charge is 2.13. The number of pyridine rings is 3. The first-order valence-corrected chi connectivity index (χ1v) is 12.2. The van der Waals surface area contributed by atoms with E-state index in [1.54, 1.807) is 24.7 Å². The number of nitrogens with one attached hydrogen (secondary N) is 3. The smallest absolute Gasteiger partial charge is 0.275 e. The maximum absolute atomic E-state index is 12.8. The van der Waals surface area contributed by atoms with Crippen LogP contribution in [0.4, 0.5) is 11.5 Å². The van der Waals surface area contributed by atoms with E-state index in [-0.39, 0.29) is 11.8 Å². The molecule has 3 N–H and O–H groups in total. The summed E-state index contributed by atoms with van der Waals surface area (Å²) in [6.07, 6.45) is 8.25. The molecule has 1 aromatic carbocycles. The fraction of sp³-hybridized carbons (Fsp3) is 0.100. The molecule has 5 aromatic rings. The average Bonchev–Trinajstić information content (AvgIpc) is 3.36. The summed E-state index contributed by atoms with van der Waals surface area (Å²) in [5.41, 5.74) is 6.36. The molecule has 2 amide bonds. The molecule has 0 aliphatic carbocycles. The third kappa shape index (κ3) is 5.19. The molecule has 0 aliphatic heterocycles. The number of carbonyl (C=O) groups is 2. The van der Waals surface area contributed by atoms with Gasteiger partial charge in [-0.05, 0) is 59.5 Å². The van der Waals surface area contributed by atoms with Crippen LogP contribution in [-0.2, 0) is 4.79 Å². The van der Waals surface area contributed by atoms with E-state index < -0.39 is 0 Å². The molecule has 4 aromatic heterocycles. The number of hydrogen-bond donors (Lipinski definition) is 3. The second-order valence-corrected chi connectivity index (χ2v) is 9.11. The summed E-state index contributed by atoms with van der Waals surface area (Å²) in [4.78, 5) is 40.9. The fourth-order valence-electron chi connectivity index (χ4n) is 4.11. The summed E-state index contributed by atoms with van der Waals surface area (Å²) < 4.78 is 0. The minimum absolute atomic E-state index is 0.270. The van der Waals surface area contributed by atoms with Crippen molar-refractivity contribution in [1.29, 1.82) is 0 Å². The molecule has 8 heteroatoms. The molecule has 0 atom stereocenters. The molecule has 0 bridgehead atoms. The predicted octanol–water partition coefficient (Wildman–Crippen LogP) is 6.19. The largest absolute Gasteiger partial charge is 0.346 e. The quantitative estimate of drug-likeness (QED) is 0.230. The number of aromatic amines is 1. The van der Waals surface area contributed by atoms with Gasteiger partial charge in [-0.1, -0.05) is 38.6 Å². The number of nitrogens with zero attached hydrogens (tertiary/aromatic N) is 3. The topological polar surface area (TPSA) is 113 Å². The Labute approximate surface area is 219 Å². The van der Waals surface area contributed by atoms with Gasteiger partial charge in [0.15, 0.2) is 0 Å². The molecule has 188 valence electrons. The number of amides is 2. The minimum atomic E-state index is -0.323. The molecule has 0 unspecified atom stereocenters. The van der Waals surface area contributed by atoms with Gasteiger partial charge in [0.1, 0.15) is 17.2 Å². The Kier molecular flexibility index (Phi) is 6.78. The number of benzene rings is 1. The van der Waals surface area contributed by atoms with Gasteiger partial charge in [-0.2, -0.15) is 0 Å². The Morgan fingerprint density at radius 1 is 0.921 bits per heavy atom. The number of anilines is 2. The molecule has 4 heterocycles. The molecule has 0 fully saturated rings. The number of hydrogen-bond acceptors (Lipinski definition) is 5. The van der Waals surface area contributed by atoms with Crippen molar-refractivity contribution >= 4 is 34.4 Å². The molecular formula is C30H26N6O2. The molecule has 38 heavy (non-hydrogen) atoms. The monoisotopic (exact) mass is 502 g/mol. The van der Waals surface area contributed by atoms with Crippen LogP contribution in [0.1, 0.15) is 35.8 Å². The summed E-state index contributed by atoms with van der Waals surface area (Å²) >= 11 is 0. The zero-order valence-corrected chi connectivity index (χ0v) is 21.0. The Morgan fingerprint density at radius 3 is 2.53 bits per heavy atom. The standard InChI is InChI=1S/C30H26N6O2/c1-4-28(37)35-23-7-5-6-20(12-23)22-13-24-25(17-34-29(24)33-16-22)21-8-9-26(32-15-21)30(38)36-27-14-19(18(2)3)10-11-31-27/h4-18H,1H2,2-3H3,(H,33,34)(H,35,37)(H,31,36,38). The summed E-state index contributed by atoms with van der Waals surface area (Å²) in [7, 11) is 0. The number of rotatable bonds is 7. The maximum Gasteiger partial charge on any atom is 0.275 e. The van der Waals surface area contributed by atoms with Crippen molar-refractivity contribution in [3.05, 3.63) is 103 Å². The number of fused-ring (bicyclic) bond motifs is 1. The van der Waals surface area contributed by atoms with Crippen molar-refractivity contribution < 1.29 is 9.59 Å². The average molecular weight is 503 g/mol. The lowest BCUT2D eigenvalue weighted by atomic mass is 10.0. The van der Waals surface area contributed by atoms with Gasteiger partial charge in [0.2, 0.25) is 5.91 Å². The Balaban J connectivity index is 1.39. The highest BCUT2D eigenvalue weighted by atomic mass is 16.2. The van der Waals surface area contributed by atoms with Crippen LogP contribution >= 0.6 is 0 Å². The second kappa shape index (κ2) is 10.5. The van der Waals surface area contributed by atoms with Gasteiger partial charge in [0.05, 0.1) is 0 Å². The summed E-state index contributed by atoms with van der Waals surface area (Å²) in [5, 5.41) is 6.52. The highest BCUT2D eigenvalue weighted by Crippen LogP contribution is 2.31. The van der Waals surface area contributed by atoms with Crippen LogP contribution in [0.5, 0.6) is 0 Å². The van der Waals surface area contributed by atoms with E-state index in [0.717, 1.165) is 38.9 Å². The Bertz CT molecular complexity index is 1650. The van der Waals surface area contributed by atoms with Crippen molar-refractivity contribution in [3.63, 3.8) is 0 Å². The first kappa shape index (κ1) is 24.6. The van der Waals surface area contributed by atoms with E-state index in [0.29, 0.717) is 23.1 Å². The summed E-state index contributed by atoms with van der Waals surface area (Å²) in [6, 6.07) is 16.9. The lowest BCUT2D eigenvalue weighted by molar-refractivity contribution is -0.111. The number of H-pyrrole nitrogens is 1. The first-order valence-electron chi connectivity index (χ1n) is 12.2. The molecular weight excluding hydrogens is 476 g/mol. The molecule has 5 rings (SSSR count). The molecule has 0 radical (unpaired) electrons. The molecule has 0 saturated heterocycles. The van der Waals surface area contributed by atoms with E-state index in [4.69, 9.17) is 0 Å². The third-order valence-electron chi connectivity index (χ3n) is 6.18. The van der Waals surface area contributed by atoms with E-state index in [9.17, 15) is 9.59 Å². The molecule has 8 nitrogen and oxygen atoms in total. The van der Waals surface area contributed by atoms with E-state index in [2.05, 4.69) is 51.0 Å². The minimum Gasteiger partial charge on any atom is -0.346 e. The lowest BCUT2D eigenvalue weighted by Crippen LogP contribution is -2.14. The normalized spacial score (nSPS) is 10.9. The molecule has 0 aliphatic rings. The van der Waals surface area contributed by atoms with E-state index in [1.807, 2.05) is 54.7 Å². The van der Waals surface area contributed by atoms with E-state index in [1.165, 1.54) is 6.08 Å². The van der Waals surface area contributed by atoms with Crippen molar-refractivity contribution in [2.24, 2.45) is 0 Å². The van der Waals surface area contributed by atoms with Gasteiger partial charge < -0.3 is 15.6 Å². The first-order chi connectivity index (χ1) is 18.4. The fourth-order valence-corrected chi connectivity index (χ4v) is 4.11. The maximum atomic E-state index is 12.8. The van der Waals surface area contributed by atoms with Crippen LogP contribution in [0, 0.1) is 0 Å². The summed E-state index contributed by atoms with van der Waals surface area (Å²) in [5.74, 6) is 0.236. The van der Waals surface area contributed by atoms with Gasteiger partial charge in [-0.25, -0.2) is 9.97 Å². The van der Waals surface area contributed by atoms with Crippen LogP contribution in [0.2, 0.25) is 0 Å². The van der Waals surface area contributed by atoms with Gasteiger partial charge in [0, 0.05) is 52.6 Å². The number of carbonyl (C=O) groups excluding carboxylic acids is 2. The van der Waals surface area contributed by atoms with Crippen LogP contribution < -0.4 is 10.6 Å². The van der Waals surface area contributed by atoms with Gasteiger partial charge in [-0.15, -0.1) is 0 Å². The number of aromatic nitrogens is 4. The zero-order valence-electron chi connectivity index (χ0n) is 21.0. The van der Waals surface area contributed by atoms with Crippen LogP contribution in [0.3, 0.4) is 0 Å². The summed E-state index contributed by atoms with van der Waals surface area (Å²) in [6.45, 7) is 7.67. The Morgan fingerprint density at radius 2 is 1.76 bits per heavy atom. The zero-order chi connectivity index (χ0) is 26.6. The predicted molar refractivity (Wildman–Crippen MR) is 150 cm³/mol. The van der Waals surface area contributed by atoms with Gasteiger partial charge in [-0.3, -0.25) is 14.6 Å². The van der Waals surface area contributed by atoms with Crippen LogP contribution in [0.25, 0.3) is 33.3 Å². The van der Waals surface area contributed by atoms with Crippen molar-refractivity contribution in [2.45, 2.75) is 19.8 Å². The molecule has 0 saturated carbocycles. The second-order valence-electron chi connectivity index (χ2n) is 9.11. The van der Waals surface area contributed by atoms with Crippen molar-refractivity contribution in [3.8, 4) is 22.3 Å². The highest BCUT2D eigenvalue weighted by molar-refractivity contribution is 6.03. The molecule has 0 spiro atoms. The van der Waals surface area contributed by atoms with Crippen molar-refractivity contribution in [2.75, 3.05) is 10.6 Å². The van der Waals surface area contributed by atoms with Crippen molar-refractivity contribution in [1.82, 2.24) is 19.9 Å². The van der Waals surface area contributed by atoms with Crippen LogP contribution in [0.15, 0.2) is 92.0 Å². The Hall–Kier alpha value is -5.11. The van der Waals surface area contributed by atoms with E-state index >= 15 is 0 Å². The third-order valence-corrected chi connectivity index (χ3v) is 6.18. The SMILES string of the molecule is C=CC(=O)Nc1cccc(-c2cnc3[nH]cc(-c4ccc(C(=O)Nc5cc(C(C)C)ccn5)nc4)c3c2)c1. The lowest BCUT2D eigenvalue weighted by Gasteiger charge is -2.09. The van der Waals surface area contributed by atoms with Crippen LogP contribution in [-0.4, -0.2) is 31.8 Å². The van der Waals surface area contributed by atoms with Gasteiger partial charge in [0.25, 0.3) is 5.91 Å².